The minimum atomic E-state index is -0.0183. The average molecular weight is 276 g/mol. The van der Waals surface area contributed by atoms with Crippen LogP contribution in [-0.2, 0) is 0 Å². The van der Waals surface area contributed by atoms with E-state index in [2.05, 4.69) is 29.3 Å². The van der Waals surface area contributed by atoms with Crippen molar-refractivity contribution in [3.05, 3.63) is 24.0 Å². The van der Waals surface area contributed by atoms with Crippen molar-refractivity contribution in [2.75, 3.05) is 40.1 Å². The summed E-state index contributed by atoms with van der Waals surface area (Å²) in [4.78, 5) is 20.7. The summed E-state index contributed by atoms with van der Waals surface area (Å²) in [5.41, 5.74) is 1.54. The Balaban J connectivity index is 2.08. The lowest BCUT2D eigenvalue weighted by molar-refractivity contribution is 0.0250. The highest BCUT2D eigenvalue weighted by molar-refractivity contribution is 5.93. The summed E-state index contributed by atoms with van der Waals surface area (Å²) in [6.45, 7) is 0.754. The monoisotopic (exact) mass is 276 g/mol. The zero-order valence-corrected chi connectivity index (χ0v) is 12.8. The summed E-state index contributed by atoms with van der Waals surface area (Å²) >= 11 is 0. The van der Waals surface area contributed by atoms with Gasteiger partial charge >= 0.3 is 0 Å². The average Bonchev–Trinajstić information content (AvgIpc) is 2.41. The Morgan fingerprint density at radius 3 is 2.60 bits per heavy atom. The van der Waals surface area contributed by atoms with E-state index < -0.39 is 0 Å². The molecule has 5 heteroatoms. The molecule has 1 aromatic heterocycles. The van der Waals surface area contributed by atoms with Gasteiger partial charge in [0.25, 0.3) is 5.91 Å². The number of carbonyl (C=O) groups excluding carboxylic acids is 1. The Bertz CT molecular complexity index is 483. The first kappa shape index (κ1) is 14.8. The lowest BCUT2D eigenvalue weighted by atomic mass is 9.75. The zero-order chi connectivity index (χ0) is 14.8. The van der Waals surface area contributed by atoms with Crippen molar-refractivity contribution in [2.24, 2.45) is 0 Å². The highest BCUT2D eigenvalue weighted by atomic mass is 16.2. The maximum Gasteiger partial charge on any atom is 0.272 e. The second kappa shape index (κ2) is 5.79. The van der Waals surface area contributed by atoms with E-state index in [9.17, 15) is 4.79 Å². The molecule has 1 N–H and O–H groups in total. The number of anilines is 1. The molecule has 20 heavy (non-hydrogen) atoms. The number of amides is 1. The molecule has 1 amide bonds. The van der Waals surface area contributed by atoms with Crippen LogP contribution in [0.3, 0.4) is 0 Å². The number of pyridine rings is 1. The molecule has 5 nitrogen and oxygen atoms in total. The largest absolute Gasteiger partial charge is 0.388 e. The lowest BCUT2D eigenvalue weighted by Crippen LogP contribution is -2.57. The van der Waals surface area contributed by atoms with Crippen LogP contribution in [-0.4, -0.2) is 61.0 Å². The zero-order valence-electron chi connectivity index (χ0n) is 12.8. The predicted molar refractivity (Wildman–Crippen MR) is 81.0 cm³/mol. The number of rotatable bonds is 5. The van der Waals surface area contributed by atoms with Gasteiger partial charge in [-0.25, -0.2) is 0 Å². The summed E-state index contributed by atoms with van der Waals surface area (Å²) in [6, 6.07) is 3.64. The van der Waals surface area contributed by atoms with Crippen LogP contribution in [0.1, 0.15) is 29.8 Å². The number of hydrogen-bond donors (Lipinski definition) is 1. The normalized spacial score (nSPS) is 16.6. The van der Waals surface area contributed by atoms with Crippen molar-refractivity contribution < 1.29 is 4.79 Å². The molecular formula is C15H24N4O. The van der Waals surface area contributed by atoms with E-state index in [4.69, 9.17) is 0 Å². The van der Waals surface area contributed by atoms with Gasteiger partial charge in [-0.15, -0.1) is 0 Å². The minimum Gasteiger partial charge on any atom is -0.388 e. The van der Waals surface area contributed by atoms with Crippen molar-refractivity contribution in [1.82, 2.24) is 14.8 Å². The van der Waals surface area contributed by atoms with E-state index in [0.29, 0.717) is 5.69 Å². The van der Waals surface area contributed by atoms with Crippen LogP contribution < -0.4 is 5.32 Å². The Labute approximate surface area is 121 Å². The van der Waals surface area contributed by atoms with Crippen molar-refractivity contribution in [3.8, 4) is 0 Å². The maximum absolute atomic E-state index is 12.5. The van der Waals surface area contributed by atoms with Gasteiger partial charge in [0.15, 0.2) is 0 Å². The number of nitrogens with one attached hydrogen (secondary N) is 1. The van der Waals surface area contributed by atoms with Crippen LogP contribution in [0.4, 0.5) is 5.69 Å². The van der Waals surface area contributed by atoms with E-state index in [-0.39, 0.29) is 11.4 Å². The number of likely N-dealkylation sites (N-methyl/N-ethyl adjacent to an activating group) is 2. The fourth-order valence-corrected chi connectivity index (χ4v) is 2.74. The molecule has 0 aliphatic heterocycles. The molecule has 1 aliphatic rings. The van der Waals surface area contributed by atoms with Crippen LogP contribution in [0.2, 0.25) is 0 Å². The van der Waals surface area contributed by atoms with E-state index in [1.807, 2.05) is 20.2 Å². The molecule has 1 aliphatic carbocycles. The standard InChI is InChI=1S/C15H24N4O/c1-16-12-6-9-17-13(10-12)14(20)19(4)11-15(18(2)3)7-5-8-15/h6,9-10H,5,7-8,11H2,1-4H3,(H,16,17). The molecule has 0 radical (unpaired) electrons. The molecular weight excluding hydrogens is 252 g/mol. The second-order valence-electron chi connectivity index (χ2n) is 5.81. The number of nitrogens with zero attached hydrogens (tertiary/aromatic N) is 3. The third-order valence-electron chi connectivity index (χ3n) is 4.38. The van der Waals surface area contributed by atoms with Crippen molar-refractivity contribution in [2.45, 2.75) is 24.8 Å². The quantitative estimate of drug-likeness (QED) is 0.889. The van der Waals surface area contributed by atoms with Gasteiger partial charge in [-0.1, -0.05) is 0 Å². The van der Waals surface area contributed by atoms with E-state index in [1.54, 1.807) is 17.2 Å². The van der Waals surface area contributed by atoms with Gasteiger partial charge in [-0.05, 0) is 45.5 Å². The van der Waals surface area contributed by atoms with Gasteiger partial charge in [-0.2, -0.15) is 0 Å². The fourth-order valence-electron chi connectivity index (χ4n) is 2.74. The first-order chi connectivity index (χ1) is 9.48. The Morgan fingerprint density at radius 2 is 2.10 bits per heavy atom. The van der Waals surface area contributed by atoms with Crippen LogP contribution in [0.25, 0.3) is 0 Å². The molecule has 1 fully saturated rings. The van der Waals surface area contributed by atoms with Gasteiger partial charge < -0.3 is 15.1 Å². The van der Waals surface area contributed by atoms with Gasteiger partial charge in [0.2, 0.25) is 0 Å². The molecule has 1 saturated carbocycles. The Hall–Kier alpha value is -1.62. The molecule has 0 aromatic carbocycles. The van der Waals surface area contributed by atoms with E-state index in [0.717, 1.165) is 25.1 Å². The summed E-state index contributed by atoms with van der Waals surface area (Å²) in [7, 11) is 7.89. The van der Waals surface area contributed by atoms with E-state index in [1.165, 1.54) is 6.42 Å². The number of carbonyl (C=O) groups is 1. The highest BCUT2D eigenvalue weighted by Gasteiger charge is 2.40. The van der Waals surface area contributed by atoms with Gasteiger partial charge in [-0.3, -0.25) is 9.78 Å². The molecule has 2 rings (SSSR count). The van der Waals surface area contributed by atoms with Crippen LogP contribution in [0, 0.1) is 0 Å². The molecule has 1 aromatic rings. The molecule has 110 valence electrons. The van der Waals surface area contributed by atoms with E-state index >= 15 is 0 Å². The smallest absolute Gasteiger partial charge is 0.272 e. The summed E-state index contributed by atoms with van der Waals surface area (Å²) in [6.07, 6.45) is 5.22. The Kier molecular flexibility index (Phi) is 4.28. The summed E-state index contributed by atoms with van der Waals surface area (Å²) < 4.78 is 0. The van der Waals surface area contributed by atoms with Crippen LogP contribution in [0.5, 0.6) is 0 Å². The lowest BCUT2D eigenvalue weighted by Gasteiger charge is -2.49. The van der Waals surface area contributed by atoms with Crippen LogP contribution in [0.15, 0.2) is 18.3 Å². The molecule has 0 unspecified atom stereocenters. The van der Waals surface area contributed by atoms with Crippen LogP contribution >= 0.6 is 0 Å². The first-order valence-electron chi connectivity index (χ1n) is 7.05. The number of hydrogen-bond acceptors (Lipinski definition) is 4. The molecule has 1 heterocycles. The molecule has 0 bridgehead atoms. The third-order valence-corrected chi connectivity index (χ3v) is 4.38. The third kappa shape index (κ3) is 2.77. The van der Waals surface area contributed by atoms with Crippen molar-refractivity contribution in [1.29, 1.82) is 0 Å². The fraction of sp³-hybridized carbons (Fsp3) is 0.600. The van der Waals surface area contributed by atoms with Gasteiger partial charge in [0, 0.05) is 38.1 Å². The molecule has 0 spiro atoms. The van der Waals surface area contributed by atoms with Crippen molar-refractivity contribution >= 4 is 11.6 Å². The summed E-state index contributed by atoms with van der Waals surface area (Å²) in [5.74, 6) is -0.0183. The highest BCUT2D eigenvalue weighted by Crippen LogP contribution is 2.36. The Morgan fingerprint density at radius 1 is 1.40 bits per heavy atom. The second-order valence-corrected chi connectivity index (χ2v) is 5.81. The SMILES string of the molecule is CNc1ccnc(C(=O)N(C)CC2(N(C)C)CCC2)c1. The van der Waals surface area contributed by atoms with Gasteiger partial charge in [0.1, 0.15) is 5.69 Å². The van der Waals surface area contributed by atoms with Gasteiger partial charge in [0.05, 0.1) is 0 Å². The minimum absolute atomic E-state index is 0.0183. The predicted octanol–water partition coefficient (Wildman–Crippen LogP) is 1.68. The maximum atomic E-state index is 12.5. The topological polar surface area (TPSA) is 48.5 Å². The van der Waals surface area contributed by atoms with Crippen molar-refractivity contribution in [3.63, 3.8) is 0 Å². The molecule has 0 atom stereocenters. The summed E-state index contributed by atoms with van der Waals surface area (Å²) in [5, 5.41) is 3.03. The first-order valence-corrected chi connectivity index (χ1v) is 7.05. The molecule has 0 saturated heterocycles. The number of aromatic nitrogens is 1.